The number of nitrogens with zero attached hydrogens (tertiary/aromatic N) is 3. The van der Waals surface area contributed by atoms with E-state index in [1.807, 2.05) is 89.2 Å². The van der Waals surface area contributed by atoms with Crippen molar-refractivity contribution in [3.8, 4) is 0 Å². The van der Waals surface area contributed by atoms with Crippen molar-refractivity contribution >= 4 is 17.7 Å². The first-order valence-corrected chi connectivity index (χ1v) is 13.4. The first-order valence-electron chi connectivity index (χ1n) is 13.4. The highest BCUT2D eigenvalue weighted by Crippen LogP contribution is 2.41. The predicted molar refractivity (Wildman–Crippen MR) is 139 cm³/mol. The Bertz CT molecular complexity index is 1090. The summed E-state index contributed by atoms with van der Waals surface area (Å²) in [6, 6.07) is 19.0. The molecule has 0 N–H and O–H groups in total. The minimum Gasteiger partial charge on any atom is -0.338 e. The maximum atomic E-state index is 13.8. The molecule has 190 valence electrons. The Balaban J connectivity index is 1.28. The van der Waals surface area contributed by atoms with Gasteiger partial charge in [0.05, 0.1) is 5.41 Å². The lowest BCUT2D eigenvalue weighted by Gasteiger charge is -2.40. The molecule has 2 aliphatic heterocycles. The molecule has 3 fully saturated rings. The van der Waals surface area contributed by atoms with E-state index in [9.17, 15) is 14.4 Å². The summed E-state index contributed by atoms with van der Waals surface area (Å²) in [5.74, 6) is 0.508. The molecule has 6 heteroatoms. The number of benzene rings is 2. The molecule has 36 heavy (non-hydrogen) atoms. The van der Waals surface area contributed by atoms with Crippen molar-refractivity contribution in [1.29, 1.82) is 0 Å². The normalized spacial score (nSPS) is 24.4. The van der Waals surface area contributed by atoms with Crippen LogP contribution in [0.2, 0.25) is 0 Å². The Hall–Kier alpha value is -3.15. The number of fused-ring (bicyclic) bond motifs is 1. The first kappa shape index (κ1) is 24.5. The Morgan fingerprint density at radius 2 is 1.36 bits per heavy atom. The van der Waals surface area contributed by atoms with Crippen LogP contribution in [0.25, 0.3) is 0 Å². The summed E-state index contributed by atoms with van der Waals surface area (Å²) in [6.45, 7) is 5.99. The molecular formula is C30H37N3O3. The third-order valence-corrected chi connectivity index (χ3v) is 8.54. The molecule has 0 spiro atoms. The fourth-order valence-corrected chi connectivity index (χ4v) is 6.42. The van der Waals surface area contributed by atoms with Gasteiger partial charge in [-0.3, -0.25) is 14.4 Å². The van der Waals surface area contributed by atoms with Gasteiger partial charge in [0.15, 0.2) is 0 Å². The molecule has 2 aromatic rings. The zero-order valence-corrected chi connectivity index (χ0v) is 21.4. The van der Waals surface area contributed by atoms with Gasteiger partial charge in [-0.25, -0.2) is 0 Å². The molecular weight excluding hydrogens is 450 g/mol. The highest BCUT2D eigenvalue weighted by molar-refractivity contribution is 5.98. The maximum Gasteiger partial charge on any atom is 0.254 e. The van der Waals surface area contributed by atoms with Crippen LogP contribution in [-0.4, -0.2) is 70.7 Å². The van der Waals surface area contributed by atoms with Crippen molar-refractivity contribution in [2.24, 2.45) is 5.92 Å². The van der Waals surface area contributed by atoms with Crippen LogP contribution < -0.4 is 0 Å². The van der Waals surface area contributed by atoms with Crippen LogP contribution in [0, 0.1) is 5.92 Å². The molecule has 0 bridgehead atoms. The topological polar surface area (TPSA) is 60.9 Å². The molecule has 2 heterocycles. The molecule has 3 unspecified atom stereocenters. The lowest BCUT2D eigenvalue weighted by Crippen LogP contribution is -2.58. The van der Waals surface area contributed by atoms with E-state index < -0.39 is 11.5 Å². The van der Waals surface area contributed by atoms with E-state index in [4.69, 9.17) is 0 Å². The van der Waals surface area contributed by atoms with Gasteiger partial charge in [-0.1, -0.05) is 61.4 Å². The molecule has 5 rings (SSSR count). The van der Waals surface area contributed by atoms with Gasteiger partial charge in [0.25, 0.3) is 5.91 Å². The third kappa shape index (κ3) is 4.54. The van der Waals surface area contributed by atoms with Gasteiger partial charge in [-0.05, 0) is 56.7 Å². The second-order valence-corrected chi connectivity index (χ2v) is 11.1. The molecule has 2 aromatic carbocycles. The lowest BCUT2D eigenvalue weighted by atomic mass is 9.83. The van der Waals surface area contributed by atoms with Gasteiger partial charge < -0.3 is 14.7 Å². The van der Waals surface area contributed by atoms with Crippen molar-refractivity contribution in [2.75, 3.05) is 26.2 Å². The number of likely N-dealkylation sites (tertiary alicyclic amines) is 1. The second kappa shape index (κ2) is 10.1. The van der Waals surface area contributed by atoms with E-state index in [1.54, 1.807) is 0 Å². The van der Waals surface area contributed by atoms with Crippen molar-refractivity contribution in [2.45, 2.75) is 63.5 Å². The first-order chi connectivity index (χ1) is 17.4. The molecule has 0 aromatic heterocycles. The van der Waals surface area contributed by atoms with E-state index in [0.29, 0.717) is 37.7 Å². The van der Waals surface area contributed by atoms with Gasteiger partial charge in [-0.2, -0.15) is 0 Å². The zero-order chi connectivity index (χ0) is 25.3. The van der Waals surface area contributed by atoms with E-state index >= 15 is 0 Å². The molecule has 2 saturated heterocycles. The summed E-state index contributed by atoms with van der Waals surface area (Å²) in [5.41, 5.74) is 1.03. The largest absolute Gasteiger partial charge is 0.338 e. The molecule has 6 nitrogen and oxygen atoms in total. The summed E-state index contributed by atoms with van der Waals surface area (Å²) in [7, 11) is 0. The molecule has 3 atom stereocenters. The molecule has 0 radical (unpaired) electrons. The van der Waals surface area contributed by atoms with Crippen LogP contribution in [0.1, 0.15) is 61.9 Å². The molecule has 3 aliphatic rings. The van der Waals surface area contributed by atoms with Crippen molar-refractivity contribution < 1.29 is 14.4 Å². The van der Waals surface area contributed by atoms with E-state index in [2.05, 4.69) is 0 Å². The fraction of sp³-hybridized carbons (Fsp3) is 0.500. The SMILES string of the molecule is CC(C)(C(=O)N1CCN(C(=O)C2CC3CCCCC3N2C(=O)c2ccccc2)CC1)c1ccccc1. The van der Waals surface area contributed by atoms with Crippen LogP contribution in [0.4, 0.5) is 0 Å². The van der Waals surface area contributed by atoms with Crippen molar-refractivity contribution in [1.82, 2.24) is 14.7 Å². The molecule has 3 amide bonds. The number of hydrogen-bond acceptors (Lipinski definition) is 3. The Morgan fingerprint density at radius 1 is 0.778 bits per heavy atom. The number of carbonyl (C=O) groups excluding carboxylic acids is 3. The van der Waals surface area contributed by atoms with Crippen LogP contribution in [-0.2, 0) is 15.0 Å². The highest BCUT2D eigenvalue weighted by atomic mass is 16.2. The number of rotatable bonds is 4. The minimum absolute atomic E-state index is 0.0261. The molecule has 1 aliphatic carbocycles. The Morgan fingerprint density at radius 3 is 2.03 bits per heavy atom. The van der Waals surface area contributed by atoms with Gasteiger partial charge in [0.1, 0.15) is 6.04 Å². The van der Waals surface area contributed by atoms with Crippen LogP contribution >= 0.6 is 0 Å². The van der Waals surface area contributed by atoms with Gasteiger partial charge in [0, 0.05) is 37.8 Å². The molecule has 1 saturated carbocycles. The van der Waals surface area contributed by atoms with Gasteiger partial charge in [-0.15, -0.1) is 0 Å². The van der Waals surface area contributed by atoms with Crippen LogP contribution in [0.3, 0.4) is 0 Å². The van der Waals surface area contributed by atoms with E-state index in [-0.39, 0.29) is 23.8 Å². The summed E-state index contributed by atoms with van der Waals surface area (Å²) < 4.78 is 0. The standard InChI is InChI=1S/C30H37N3O3/c1-30(2,24-14-7-4-8-15-24)29(36)32-19-17-31(18-20-32)28(35)26-21-23-13-9-10-16-25(23)33(26)27(34)22-11-5-3-6-12-22/h3-8,11-12,14-15,23,25-26H,9-10,13,16-21H2,1-2H3. The predicted octanol–water partition coefficient (Wildman–Crippen LogP) is 4.11. The maximum absolute atomic E-state index is 13.8. The van der Waals surface area contributed by atoms with Crippen LogP contribution in [0.15, 0.2) is 60.7 Å². The Labute approximate surface area is 214 Å². The smallest absolute Gasteiger partial charge is 0.254 e. The number of hydrogen-bond donors (Lipinski definition) is 0. The van der Waals surface area contributed by atoms with Crippen LogP contribution in [0.5, 0.6) is 0 Å². The quantitative estimate of drug-likeness (QED) is 0.652. The summed E-state index contributed by atoms with van der Waals surface area (Å²) in [5, 5.41) is 0. The monoisotopic (exact) mass is 487 g/mol. The average molecular weight is 488 g/mol. The van der Waals surface area contributed by atoms with E-state index in [0.717, 1.165) is 31.2 Å². The minimum atomic E-state index is -0.618. The van der Waals surface area contributed by atoms with E-state index in [1.165, 1.54) is 6.42 Å². The van der Waals surface area contributed by atoms with Crippen molar-refractivity contribution in [3.05, 3.63) is 71.8 Å². The third-order valence-electron chi connectivity index (χ3n) is 8.54. The lowest BCUT2D eigenvalue weighted by molar-refractivity contribution is -0.144. The van der Waals surface area contributed by atoms with Gasteiger partial charge in [0.2, 0.25) is 11.8 Å². The number of piperazine rings is 1. The summed E-state index contributed by atoms with van der Waals surface area (Å²) in [6.07, 6.45) is 5.10. The number of carbonyl (C=O) groups is 3. The average Bonchev–Trinajstić information content (AvgIpc) is 3.32. The Kier molecular flexibility index (Phi) is 6.87. The highest BCUT2D eigenvalue weighted by Gasteiger charge is 2.49. The van der Waals surface area contributed by atoms with Crippen molar-refractivity contribution in [3.63, 3.8) is 0 Å². The van der Waals surface area contributed by atoms with Gasteiger partial charge >= 0.3 is 0 Å². The summed E-state index contributed by atoms with van der Waals surface area (Å²) >= 11 is 0. The zero-order valence-electron chi connectivity index (χ0n) is 21.4. The second-order valence-electron chi connectivity index (χ2n) is 11.1. The summed E-state index contributed by atoms with van der Waals surface area (Å²) in [4.78, 5) is 46.5. The number of amides is 3. The fourth-order valence-electron chi connectivity index (χ4n) is 6.42.